The van der Waals surface area contributed by atoms with Gasteiger partial charge in [0.15, 0.2) is 0 Å². The molecule has 0 aromatic heterocycles. The van der Waals surface area contributed by atoms with Gasteiger partial charge in [0.1, 0.15) is 0 Å². The van der Waals surface area contributed by atoms with Crippen LogP contribution < -0.4 is 5.32 Å². The Labute approximate surface area is 140 Å². The lowest BCUT2D eigenvalue weighted by Crippen LogP contribution is -2.47. The van der Waals surface area contributed by atoms with E-state index in [1.807, 2.05) is 4.90 Å². The van der Waals surface area contributed by atoms with Crippen molar-refractivity contribution in [3.8, 4) is 0 Å². The highest BCUT2D eigenvalue weighted by Crippen LogP contribution is 2.19. The molecule has 1 amide bonds. The highest BCUT2D eigenvalue weighted by Gasteiger charge is 2.23. The monoisotopic (exact) mass is 324 g/mol. The van der Waals surface area contributed by atoms with E-state index in [4.69, 9.17) is 4.74 Å². The van der Waals surface area contributed by atoms with Gasteiger partial charge in [0.2, 0.25) is 5.91 Å². The Morgan fingerprint density at radius 3 is 2.35 bits per heavy atom. The molecule has 6 nitrogen and oxygen atoms in total. The van der Waals surface area contributed by atoms with Crippen molar-refractivity contribution >= 4 is 5.91 Å². The molecule has 0 aliphatic carbocycles. The Morgan fingerprint density at radius 2 is 1.65 bits per heavy atom. The maximum Gasteiger partial charge on any atom is 0.223 e. The van der Waals surface area contributed by atoms with Crippen LogP contribution in [-0.2, 0) is 9.53 Å². The van der Waals surface area contributed by atoms with Crippen molar-refractivity contribution in [2.45, 2.75) is 19.3 Å². The van der Waals surface area contributed by atoms with Crippen molar-refractivity contribution in [2.24, 2.45) is 5.92 Å². The number of piperidine rings is 1. The molecule has 3 aliphatic rings. The fourth-order valence-corrected chi connectivity index (χ4v) is 3.87. The summed E-state index contributed by atoms with van der Waals surface area (Å²) in [6, 6.07) is 0. The fourth-order valence-electron chi connectivity index (χ4n) is 3.87. The molecule has 23 heavy (non-hydrogen) atoms. The summed E-state index contributed by atoms with van der Waals surface area (Å²) in [6.07, 6.45) is 3.24. The molecule has 0 radical (unpaired) electrons. The predicted octanol–water partition coefficient (Wildman–Crippen LogP) is -0.147. The van der Waals surface area contributed by atoms with Gasteiger partial charge in [-0.05, 0) is 31.8 Å². The van der Waals surface area contributed by atoms with Crippen molar-refractivity contribution < 1.29 is 9.53 Å². The summed E-state index contributed by atoms with van der Waals surface area (Å²) in [5.74, 6) is 1.16. The van der Waals surface area contributed by atoms with E-state index in [0.29, 0.717) is 12.3 Å². The quantitative estimate of drug-likeness (QED) is 0.762. The van der Waals surface area contributed by atoms with E-state index in [1.165, 1.54) is 19.4 Å². The summed E-state index contributed by atoms with van der Waals surface area (Å²) in [5.41, 5.74) is 0. The smallest absolute Gasteiger partial charge is 0.223 e. The predicted molar refractivity (Wildman–Crippen MR) is 90.5 cm³/mol. The second kappa shape index (κ2) is 8.97. The topological polar surface area (TPSA) is 48.1 Å². The van der Waals surface area contributed by atoms with Crippen LogP contribution in [0.3, 0.4) is 0 Å². The number of amides is 1. The lowest BCUT2D eigenvalue weighted by atomic mass is 9.96. The fraction of sp³-hybridized carbons (Fsp3) is 0.941. The van der Waals surface area contributed by atoms with Crippen LogP contribution in [0.2, 0.25) is 0 Å². The summed E-state index contributed by atoms with van der Waals surface area (Å²) in [7, 11) is 0. The lowest BCUT2D eigenvalue weighted by Gasteiger charge is -2.36. The highest BCUT2D eigenvalue weighted by molar-refractivity contribution is 5.76. The zero-order valence-electron chi connectivity index (χ0n) is 14.3. The average Bonchev–Trinajstić information content (AvgIpc) is 2.62. The first-order valence-electron chi connectivity index (χ1n) is 9.32. The first-order chi connectivity index (χ1) is 11.3. The van der Waals surface area contributed by atoms with Gasteiger partial charge in [0.05, 0.1) is 13.2 Å². The third-order valence-corrected chi connectivity index (χ3v) is 5.44. The maximum absolute atomic E-state index is 12.2. The number of hydrogen-bond acceptors (Lipinski definition) is 5. The number of carbonyl (C=O) groups is 1. The van der Waals surface area contributed by atoms with E-state index in [0.717, 1.165) is 78.0 Å². The molecule has 132 valence electrons. The molecule has 3 saturated heterocycles. The van der Waals surface area contributed by atoms with Crippen molar-refractivity contribution in [3.63, 3.8) is 0 Å². The van der Waals surface area contributed by atoms with Gasteiger partial charge in [0.25, 0.3) is 0 Å². The van der Waals surface area contributed by atoms with Crippen LogP contribution in [0, 0.1) is 5.92 Å². The zero-order chi connectivity index (χ0) is 15.9. The number of piperazine rings is 1. The molecule has 3 heterocycles. The standard InChI is InChI=1S/C17H32N4O2/c22-17(21-9-4-18-5-10-21)3-8-19-6-1-16(2-7-19)15-20-11-13-23-14-12-20/h16,18H,1-15H2. The molecule has 0 atom stereocenters. The van der Waals surface area contributed by atoms with E-state index in [-0.39, 0.29) is 0 Å². The molecule has 0 unspecified atom stereocenters. The average molecular weight is 324 g/mol. The first-order valence-corrected chi connectivity index (χ1v) is 9.32. The number of hydrogen-bond donors (Lipinski definition) is 1. The second-order valence-electron chi connectivity index (χ2n) is 7.08. The number of morpholine rings is 1. The number of nitrogens with one attached hydrogen (secondary N) is 1. The second-order valence-corrected chi connectivity index (χ2v) is 7.08. The van der Waals surface area contributed by atoms with Crippen molar-refractivity contribution in [3.05, 3.63) is 0 Å². The molecule has 0 aromatic rings. The minimum absolute atomic E-state index is 0.335. The van der Waals surface area contributed by atoms with Gasteiger partial charge in [-0.25, -0.2) is 0 Å². The lowest BCUT2D eigenvalue weighted by molar-refractivity contribution is -0.132. The van der Waals surface area contributed by atoms with E-state index < -0.39 is 0 Å². The molecule has 1 N–H and O–H groups in total. The number of nitrogens with zero attached hydrogens (tertiary/aromatic N) is 3. The van der Waals surface area contributed by atoms with Crippen LogP contribution >= 0.6 is 0 Å². The van der Waals surface area contributed by atoms with Crippen molar-refractivity contribution in [2.75, 3.05) is 78.7 Å². The Bertz CT molecular complexity index is 360. The minimum atomic E-state index is 0.335. The number of ether oxygens (including phenoxy) is 1. The third-order valence-electron chi connectivity index (χ3n) is 5.44. The summed E-state index contributed by atoms with van der Waals surface area (Å²) >= 11 is 0. The third kappa shape index (κ3) is 5.41. The van der Waals surface area contributed by atoms with Crippen LogP contribution in [0.15, 0.2) is 0 Å². The summed E-state index contributed by atoms with van der Waals surface area (Å²) < 4.78 is 5.42. The number of carbonyl (C=O) groups excluding carboxylic acids is 1. The van der Waals surface area contributed by atoms with Crippen LogP contribution in [0.1, 0.15) is 19.3 Å². The Kier molecular flexibility index (Phi) is 6.68. The molecule has 3 rings (SSSR count). The maximum atomic E-state index is 12.2. The molecule has 0 spiro atoms. The molecule has 0 aromatic carbocycles. The Hall–Kier alpha value is -0.690. The van der Waals surface area contributed by atoms with Crippen molar-refractivity contribution in [1.82, 2.24) is 20.0 Å². The summed E-state index contributed by atoms with van der Waals surface area (Å²) in [6.45, 7) is 12.1. The van der Waals surface area contributed by atoms with E-state index in [9.17, 15) is 4.79 Å². The molecular formula is C17H32N4O2. The van der Waals surface area contributed by atoms with E-state index >= 15 is 0 Å². The number of rotatable bonds is 5. The highest BCUT2D eigenvalue weighted by atomic mass is 16.5. The van der Waals surface area contributed by atoms with Crippen LogP contribution in [0.25, 0.3) is 0 Å². The van der Waals surface area contributed by atoms with Gasteiger partial charge >= 0.3 is 0 Å². The normalized spacial score (nSPS) is 25.7. The molecule has 0 saturated carbocycles. The first kappa shape index (κ1) is 17.1. The summed E-state index contributed by atoms with van der Waals surface area (Å²) in [4.78, 5) is 19.3. The Balaban J connectivity index is 1.30. The van der Waals surface area contributed by atoms with E-state index in [1.54, 1.807) is 0 Å². The van der Waals surface area contributed by atoms with Gasteiger partial charge in [-0.15, -0.1) is 0 Å². The van der Waals surface area contributed by atoms with Crippen LogP contribution in [0.4, 0.5) is 0 Å². The molecule has 3 aliphatic heterocycles. The van der Waals surface area contributed by atoms with Gasteiger partial charge in [-0.3, -0.25) is 9.69 Å². The van der Waals surface area contributed by atoms with Crippen molar-refractivity contribution in [1.29, 1.82) is 0 Å². The minimum Gasteiger partial charge on any atom is -0.379 e. The molecular weight excluding hydrogens is 292 g/mol. The van der Waals surface area contributed by atoms with Crippen LogP contribution in [0.5, 0.6) is 0 Å². The molecule has 3 fully saturated rings. The largest absolute Gasteiger partial charge is 0.379 e. The Morgan fingerprint density at radius 1 is 0.957 bits per heavy atom. The molecule has 0 bridgehead atoms. The zero-order valence-corrected chi connectivity index (χ0v) is 14.3. The van der Waals surface area contributed by atoms with Crippen LogP contribution in [-0.4, -0.2) is 99.3 Å². The molecule has 6 heteroatoms. The van der Waals surface area contributed by atoms with Gasteiger partial charge < -0.3 is 19.9 Å². The van der Waals surface area contributed by atoms with Gasteiger partial charge in [0, 0.05) is 58.8 Å². The van der Waals surface area contributed by atoms with E-state index in [2.05, 4.69) is 15.1 Å². The van der Waals surface area contributed by atoms with Gasteiger partial charge in [-0.2, -0.15) is 0 Å². The summed E-state index contributed by atoms with van der Waals surface area (Å²) in [5, 5.41) is 3.30. The van der Waals surface area contributed by atoms with Gasteiger partial charge in [-0.1, -0.05) is 0 Å². The SMILES string of the molecule is O=C(CCN1CCC(CN2CCOCC2)CC1)N1CCNCC1. The number of likely N-dealkylation sites (tertiary alicyclic amines) is 1.